The average molecular weight is 569 g/mol. The molecule has 0 aliphatic heterocycles. The second-order valence-corrected chi connectivity index (χ2v) is 13.8. The zero-order chi connectivity index (χ0) is 31.5. The molecule has 0 aromatic heterocycles. The number of allylic oxidation sites excluding steroid dienone is 20. The van der Waals surface area contributed by atoms with E-state index >= 15 is 0 Å². The Balaban J connectivity index is 1.90. The van der Waals surface area contributed by atoms with Crippen LogP contribution in [0.5, 0.6) is 0 Å². The van der Waals surface area contributed by atoms with Crippen molar-refractivity contribution in [1.82, 2.24) is 0 Å². The number of carbonyl (C=O) groups excluding carboxylic acids is 1. The van der Waals surface area contributed by atoms with Crippen LogP contribution in [-0.4, -0.2) is 17.0 Å². The summed E-state index contributed by atoms with van der Waals surface area (Å²) in [4.78, 5) is 12.2. The lowest BCUT2D eigenvalue weighted by Crippen LogP contribution is -2.40. The van der Waals surface area contributed by atoms with Gasteiger partial charge in [0.15, 0.2) is 5.78 Å². The highest BCUT2D eigenvalue weighted by Crippen LogP contribution is 2.45. The van der Waals surface area contributed by atoms with Gasteiger partial charge in [-0.1, -0.05) is 142 Å². The molecule has 2 aliphatic rings. The average Bonchev–Trinajstić information content (AvgIpc) is 2.91. The van der Waals surface area contributed by atoms with Gasteiger partial charge in [0.25, 0.3) is 0 Å². The standard InChI is InChI=1S/C40H56O2/c1-29(17-13-19-31(3)21-23-35-33(5)37(41)25-27-39(35,7)8)15-11-12-16-30(2)18-14-20-32(4)22-24-36-34(6)38(42)26-28-40(36,9)10/h11-24,33,35,37,41H,25-28H2,1-10H3. The van der Waals surface area contributed by atoms with Crippen LogP contribution in [-0.2, 0) is 4.79 Å². The summed E-state index contributed by atoms with van der Waals surface area (Å²) in [5.74, 6) is 0.950. The summed E-state index contributed by atoms with van der Waals surface area (Å²) in [5, 5.41) is 10.3. The van der Waals surface area contributed by atoms with Gasteiger partial charge in [0.05, 0.1) is 6.10 Å². The smallest absolute Gasteiger partial charge is 0.158 e. The highest BCUT2D eigenvalue weighted by Gasteiger charge is 2.39. The first kappa shape index (κ1) is 35.2. The van der Waals surface area contributed by atoms with E-state index in [0.29, 0.717) is 12.3 Å². The van der Waals surface area contributed by atoms with Crippen LogP contribution in [0, 0.1) is 22.7 Å². The molecule has 1 fully saturated rings. The minimum atomic E-state index is -0.197. The summed E-state index contributed by atoms with van der Waals surface area (Å²) in [6.07, 6.45) is 33.1. The van der Waals surface area contributed by atoms with Gasteiger partial charge in [0, 0.05) is 6.42 Å². The molecule has 0 spiro atoms. The molecule has 0 aromatic carbocycles. The number of aliphatic hydroxyl groups excluding tert-OH is 1. The van der Waals surface area contributed by atoms with Gasteiger partial charge in [-0.05, 0) is 87.7 Å². The lowest BCUT2D eigenvalue weighted by molar-refractivity contribution is -0.116. The van der Waals surface area contributed by atoms with E-state index in [0.717, 1.165) is 36.0 Å². The molecule has 42 heavy (non-hydrogen) atoms. The molecule has 2 heteroatoms. The van der Waals surface area contributed by atoms with E-state index in [1.54, 1.807) is 0 Å². The van der Waals surface area contributed by atoms with E-state index in [9.17, 15) is 9.90 Å². The van der Waals surface area contributed by atoms with Crippen LogP contribution in [0.15, 0.2) is 119 Å². The van der Waals surface area contributed by atoms with Crippen molar-refractivity contribution in [2.75, 3.05) is 0 Å². The van der Waals surface area contributed by atoms with E-state index in [-0.39, 0.29) is 28.6 Å². The zero-order valence-corrected chi connectivity index (χ0v) is 28.0. The van der Waals surface area contributed by atoms with Crippen molar-refractivity contribution in [3.63, 3.8) is 0 Å². The topological polar surface area (TPSA) is 37.3 Å². The quantitative estimate of drug-likeness (QED) is 0.266. The molecule has 0 aromatic rings. The van der Waals surface area contributed by atoms with Crippen molar-refractivity contribution in [2.45, 2.75) is 101 Å². The molecule has 1 N–H and O–H groups in total. The van der Waals surface area contributed by atoms with Crippen LogP contribution in [0.3, 0.4) is 0 Å². The van der Waals surface area contributed by atoms with E-state index in [4.69, 9.17) is 0 Å². The Morgan fingerprint density at radius 3 is 1.83 bits per heavy atom. The minimum Gasteiger partial charge on any atom is -0.393 e. The van der Waals surface area contributed by atoms with Gasteiger partial charge in [-0.2, -0.15) is 0 Å². The molecule has 228 valence electrons. The third kappa shape index (κ3) is 11.0. The Kier molecular flexibility index (Phi) is 13.4. The largest absolute Gasteiger partial charge is 0.393 e. The lowest BCUT2D eigenvalue weighted by Gasteiger charge is -2.44. The van der Waals surface area contributed by atoms with Gasteiger partial charge >= 0.3 is 0 Å². The summed E-state index contributed by atoms with van der Waals surface area (Å²) in [6, 6.07) is 0. The van der Waals surface area contributed by atoms with Crippen LogP contribution >= 0.6 is 0 Å². The molecule has 0 heterocycles. The summed E-state index contributed by atoms with van der Waals surface area (Å²) >= 11 is 0. The molecule has 0 saturated heterocycles. The first-order valence-electron chi connectivity index (χ1n) is 15.6. The number of rotatable bonds is 10. The van der Waals surface area contributed by atoms with Crippen molar-refractivity contribution in [2.24, 2.45) is 22.7 Å². The summed E-state index contributed by atoms with van der Waals surface area (Å²) in [6.45, 7) is 21.6. The van der Waals surface area contributed by atoms with Crippen LogP contribution in [0.1, 0.15) is 94.9 Å². The van der Waals surface area contributed by atoms with Crippen LogP contribution in [0.2, 0.25) is 0 Å². The monoisotopic (exact) mass is 568 g/mol. The lowest BCUT2D eigenvalue weighted by atomic mass is 9.63. The third-order valence-corrected chi connectivity index (χ3v) is 9.03. The highest BCUT2D eigenvalue weighted by molar-refractivity contribution is 5.97. The number of ketones is 1. The molecular formula is C40H56O2. The first-order chi connectivity index (χ1) is 19.6. The maximum atomic E-state index is 12.2. The predicted octanol–water partition coefficient (Wildman–Crippen LogP) is 10.7. The third-order valence-electron chi connectivity index (χ3n) is 9.03. The maximum absolute atomic E-state index is 12.2. The Morgan fingerprint density at radius 1 is 0.762 bits per heavy atom. The molecule has 3 unspecified atom stereocenters. The Bertz CT molecular complexity index is 1260. The fraction of sp³-hybridized carbons (Fsp3) is 0.475. The number of Topliss-reactive ketones (excluding diaryl/α,β-unsaturated/α-hetero) is 1. The molecular weight excluding hydrogens is 512 g/mol. The van der Waals surface area contributed by atoms with Crippen molar-refractivity contribution in [3.05, 3.63) is 119 Å². The Morgan fingerprint density at radius 2 is 1.26 bits per heavy atom. The fourth-order valence-corrected chi connectivity index (χ4v) is 5.90. The van der Waals surface area contributed by atoms with Gasteiger partial charge in [-0.3, -0.25) is 4.79 Å². The number of aliphatic hydroxyl groups is 1. The van der Waals surface area contributed by atoms with E-state index in [1.165, 1.54) is 16.7 Å². The minimum absolute atomic E-state index is 0.0442. The summed E-state index contributed by atoms with van der Waals surface area (Å²) in [5.41, 5.74) is 7.06. The fourth-order valence-electron chi connectivity index (χ4n) is 5.90. The van der Waals surface area contributed by atoms with Gasteiger partial charge in [-0.25, -0.2) is 0 Å². The normalized spacial score (nSPS) is 26.7. The van der Waals surface area contributed by atoms with Gasteiger partial charge < -0.3 is 5.11 Å². The molecule has 0 bridgehead atoms. The predicted molar refractivity (Wildman–Crippen MR) is 183 cm³/mol. The van der Waals surface area contributed by atoms with Crippen molar-refractivity contribution < 1.29 is 9.90 Å². The van der Waals surface area contributed by atoms with Gasteiger partial charge in [0.1, 0.15) is 0 Å². The second-order valence-electron chi connectivity index (χ2n) is 13.8. The molecule has 1 saturated carbocycles. The Hall–Kier alpha value is -2.97. The molecule has 0 radical (unpaired) electrons. The maximum Gasteiger partial charge on any atom is 0.158 e. The molecule has 2 nitrogen and oxygen atoms in total. The highest BCUT2D eigenvalue weighted by atomic mass is 16.3. The molecule has 0 amide bonds. The first-order valence-corrected chi connectivity index (χ1v) is 15.6. The molecule has 2 aliphatic carbocycles. The number of hydrogen-bond acceptors (Lipinski definition) is 2. The second kappa shape index (κ2) is 16.0. The molecule has 2 rings (SSSR count). The molecule has 3 atom stereocenters. The number of carbonyl (C=O) groups is 1. The SMILES string of the molecule is CC(C=CC=C(C)C=CC1=C(C)C(=O)CCC1(C)C)=CC=CC=C(C)C=CC=C(C)C=CC1C(C)C(O)CCC1(C)C. The van der Waals surface area contributed by atoms with Crippen molar-refractivity contribution in [3.8, 4) is 0 Å². The van der Waals surface area contributed by atoms with E-state index in [2.05, 4.69) is 147 Å². The van der Waals surface area contributed by atoms with E-state index in [1.807, 2.05) is 6.92 Å². The van der Waals surface area contributed by atoms with Gasteiger partial charge in [-0.15, -0.1) is 0 Å². The van der Waals surface area contributed by atoms with E-state index < -0.39 is 0 Å². The van der Waals surface area contributed by atoms with Crippen LogP contribution < -0.4 is 0 Å². The zero-order valence-electron chi connectivity index (χ0n) is 28.0. The Labute approximate surface area is 257 Å². The summed E-state index contributed by atoms with van der Waals surface area (Å²) in [7, 11) is 0. The van der Waals surface area contributed by atoms with Crippen LogP contribution in [0.25, 0.3) is 0 Å². The van der Waals surface area contributed by atoms with Gasteiger partial charge in [0.2, 0.25) is 0 Å². The van der Waals surface area contributed by atoms with Crippen LogP contribution in [0.4, 0.5) is 0 Å². The number of hydrogen-bond donors (Lipinski definition) is 1. The van der Waals surface area contributed by atoms with Crippen molar-refractivity contribution >= 4 is 5.78 Å². The summed E-state index contributed by atoms with van der Waals surface area (Å²) < 4.78 is 0. The van der Waals surface area contributed by atoms with Crippen molar-refractivity contribution in [1.29, 1.82) is 0 Å².